The summed E-state index contributed by atoms with van der Waals surface area (Å²) in [4.78, 5) is 24.7. The highest BCUT2D eigenvalue weighted by Gasteiger charge is 2.33. The van der Waals surface area contributed by atoms with Crippen molar-refractivity contribution in [1.29, 1.82) is 0 Å². The first kappa shape index (κ1) is 13.6. The van der Waals surface area contributed by atoms with Crippen molar-refractivity contribution in [2.45, 2.75) is 39.7 Å². The smallest absolute Gasteiger partial charge is 0.308 e. The molecule has 2 unspecified atom stereocenters. The van der Waals surface area contributed by atoms with Crippen molar-refractivity contribution < 1.29 is 19.1 Å². The first-order chi connectivity index (χ1) is 8.90. The Morgan fingerprint density at radius 2 is 2.21 bits per heavy atom. The highest BCUT2D eigenvalue weighted by Crippen LogP contribution is 2.30. The molecule has 0 spiro atoms. The number of aliphatic carboxylic acids is 1. The number of hydrogen-bond acceptors (Lipinski definition) is 3. The predicted octanol–water partition coefficient (Wildman–Crippen LogP) is 2.28. The largest absolute Gasteiger partial charge is 0.481 e. The second-order valence-electron chi connectivity index (χ2n) is 5.16. The molecule has 0 saturated carbocycles. The topological polar surface area (TPSA) is 70.8 Å². The minimum atomic E-state index is -0.829. The number of likely N-dealkylation sites (tertiary alicyclic amines) is 1. The van der Waals surface area contributed by atoms with Gasteiger partial charge in [-0.15, -0.1) is 0 Å². The van der Waals surface area contributed by atoms with E-state index in [1.165, 1.54) is 0 Å². The molecule has 2 atom stereocenters. The summed E-state index contributed by atoms with van der Waals surface area (Å²) in [5.74, 6) is 0.315. The van der Waals surface area contributed by atoms with Gasteiger partial charge in [0, 0.05) is 18.5 Å². The lowest BCUT2D eigenvalue weighted by Crippen LogP contribution is -2.43. The number of nitrogens with zero attached hydrogens (tertiary/aromatic N) is 1. The number of furan rings is 1. The van der Waals surface area contributed by atoms with Gasteiger partial charge in [0.15, 0.2) is 0 Å². The van der Waals surface area contributed by atoms with Gasteiger partial charge in [0.25, 0.3) is 0 Å². The Kier molecular flexibility index (Phi) is 3.64. The van der Waals surface area contributed by atoms with E-state index in [1.54, 1.807) is 4.90 Å². The van der Waals surface area contributed by atoms with Gasteiger partial charge in [-0.05, 0) is 33.3 Å². The highest BCUT2D eigenvalue weighted by molar-refractivity contribution is 5.81. The number of carboxylic acid groups (broad SMARTS) is 1. The van der Waals surface area contributed by atoms with E-state index < -0.39 is 11.9 Å². The van der Waals surface area contributed by atoms with Crippen LogP contribution in [-0.2, 0) is 9.59 Å². The number of amides is 1. The van der Waals surface area contributed by atoms with Crippen LogP contribution < -0.4 is 0 Å². The summed E-state index contributed by atoms with van der Waals surface area (Å²) in [6.07, 6.45) is 0.734. The SMILES string of the molecule is Cc1cc(C(C)N2CC(C(=O)O)CCC2=O)c(C)o1. The van der Waals surface area contributed by atoms with Gasteiger partial charge >= 0.3 is 5.97 Å². The van der Waals surface area contributed by atoms with Crippen molar-refractivity contribution in [2.75, 3.05) is 6.54 Å². The van der Waals surface area contributed by atoms with Crippen LogP contribution in [0.15, 0.2) is 10.5 Å². The van der Waals surface area contributed by atoms with E-state index in [-0.39, 0.29) is 18.5 Å². The van der Waals surface area contributed by atoms with Gasteiger partial charge in [-0.1, -0.05) is 0 Å². The minimum absolute atomic E-state index is 0.0169. The van der Waals surface area contributed by atoms with E-state index in [0.29, 0.717) is 12.8 Å². The van der Waals surface area contributed by atoms with E-state index in [4.69, 9.17) is 9.52 Å². The van der Waals surface area contributed by atoms with Crippen molar-refractivity contribution in [3.63, 3.8) is 0 Å². The normalized spacial score (nSPS) is 21.5. The number of aryl methyl sites for hydroxylation is 2. The fourth-order valence-electron chi connectivity index (χ4n) is 2.68. The standard InChI is InChI=1S/C14H19NO4/c1-8-6-12(10(3)19-8)9(2)15-7-11(14(17)18)4-5-13(15)16/h6,9,11H,4-5,7H2,1-3H3,(H,17,18). The molecule has 1 aromatic rings. The Bertz CT molecular complexity index is 506. The summed E-state index contributed by atoms with van der Waals surface area (Å²) in [5, 5.41) is 9.10. The maximum Gasteiger partial charge on any atom is 0.308 e. The molecule has 5 nitrogen and oxygen atoms in total. The second-order valence-corrected chi connectivity index (χ2v) is 5.16. The summed E-state index contributed by atoms with van der Waals surface area (Å²) >= 11 is 0. The van der Waals surface area contributed by atoms with Crippen LogP contribution in [0.25, 0.3) is 0 Å². The van der Waals surface area contributed by atoms with Gasteiger partial charge in [0.2, 0.25) is 5.91 Å². The maximum atomic E-state index is 12.0. The number of carboxylic acids is 1. The highest BCUT2D eigenvalue weighted by atomic mass is 16.4. The third-order valence-corrected chi connectivity index (χ3v) is 3.79. The van der Waals surface area contributed by atoms with E-state index in [1.807, 2.05) is 26.8 Å². The van der Waals surface area contributed by atoms with Gasteiger partial charge < -0.3 is 14.4 Å². The van der Waals surface area contributed by atoms with Gasteiger partial charge in [0.05, 0.1) is 12.0 Å². The monoisotopic (exact) mass is 265 g/mol. The number of rotatable bonds is 3. The molecule has 0 bridgehead atoms. The van der Waals surface area contributed by atoms with Crippen molar-refractivity contribution in [3.8, 4) is 0 Å². The molecule has 19 heavy (non-hydrogen) atoms. The van der Waals surface area contributed by atoms with Crippen LogP contribution >= 0.6 is 0 Å². The number of hydrogen-bond donors (Lipinski definition) is 1. The zero-order valence-corrected chi connectivity index (χ0v) is 11.5. The molecule has 1 aliphatic rings. The van der Waals surface area contributed by atoms with Crippen molar-refractivity contribution in [3.05, 3.63) is 23.2 Å². The van der Waals surface area contributed by atoms with E-state index in [2.05, 4.69) is 0 Å². The lowest BCUT2D eigenvalue weighted by Gasteiger charge is -2.35. The van der Waals surface area contributed by atoms with Crippen LogP contribution in [0.4, 0.5) is 0 Å². The van der Waals surface area contributed by atoms with Crippen LogP contribution in [0.2, 0.25) is 0 Å². The molecule has 1 aromatic heterocycles. The van der Waals surface area contributed by atoms with Gasteiger partial charge in [-0.3, -0.25) is 9.59 Å². The van der Waals surface area contributed by atoms with Crippen LogP contribution in [0, 0.1) is 19.8 Å². The average molecular weight is 265 g/mol. The van der Waals surface area contributed by atoms with Crippen LogP contribution in [0.3, 0.4) is 0 Å². The van der Waals surface area contributed by atoms with E-state index in [9.17, 15) is 9.59 Å². The fourth-order valence-corrected chi connectivity index (χ4v) is 2.68. The van der Waals surface area contributed by atoms with Gasteiger partial charge in [0.1, 0.15) is 11.5 Å². The van der Waals surface area contributed by atoms with Crippen molar-refractivity contribution in [2.24, 2.45) is 5.92 Å². The molecule has 0 radical (unpaired) electrons. The third-order valence-electron chi connectivity index (χ3n) is 3.79. The molecule has 0 aromatic carbocycles. The Balaban J connectivity index is 2.21. The van der Waals surface area contributed by atoms with Crippen LogP contribution in [0.1, 0.15) is 42.9 Å². The Morgan fingerprint density at radius 1 is 1.53 bits per heavy atom. The maximum absolute atomic E-state index is 12.0. The molecular weight excluding hydrogens is 246 g/mol. The minimum Gasteiger partial charge on any atom is -0.481 e. The Labute approximate surface area is 112 Å². The summed E-state index contributed by atoms with van der Waals surface area (Å²) in [6, 6.07) is 1.77. The predicted molar refractivity (Wildman–Crippen MR) is 68.7 cm³/mol. The molecule has 0 aliphatic carbocycles. The number of piperidine rings is 1. The molecule has 2 rings (SSSR count). The van der Waals surface area contributed by atoms with Crippen LogP contribution in [-0.4, -0.2) is 28.4 Å². The molecule has 1 saturated heterocycles. The zero-order chi connectivity index (χ0) is 14.2. The van der Waals surface area contributed by atoms with Gasteiger partial charge in [-0.25, -0.2) is 0 Å². The molecule has 104 valence electrons. The summed E-state index contributed by atoms with van der Waals surface area (Å²) in [7, 11) is 0. The van der Waals surface area contributed by atoms with E-state index in [0.717, 1.165) is 17.1 Å². The lowest BCUT2D eigenvalue weighted by atomic mass is 9.95. The third kappa shape index (κ3) is 2.64. The molecule has 1 amide bonds. The summed E-state index contributed by atoms with van der Waals surface area (Å²) in [5.41, 5.74) is 0.955. The Hall–Kier alpha value is -1.78. The first-order valence-corrected chi connectivity index (χ1v) is 6.49. The van der Waals surface area contributed by atoms with Crippen molar-refractivity contribution >= 4 is 11.9 Å². The fraction of sp³-hybridized carbons (Fsp3) is 0.571. The van der Waals surface area contributed by atoms with Crippen molar-refractivity contribution in [1.82, 2.24) is 4.90 Å². The molecule has 1 N–H and O–H groups in total. The average Bonchev–Trinajstić information content (AvgIpc) is 2.68. The van der Waals surface area contributed by atoms with Gasteiger partial charge in [-0.2, -0.15) is 0 Å². The van der Waals surface area contributed by atoms with Crippen LogP contribution in [0.5, 0.6) is 0 Å². The molecule has 2 heterocycles. The lowest BCUT2D eigenvalue weighted by molar-refractivity contribution is -0.148. The molecule has 1 aliphatic heterocycles. The summed E-state index contributed by atoms with van der Waals surface area (Å²) in [6.45, 7) is 5.92. The quantitative estimate of drug-likeness (QED) is 0.910. The molecule has 5 heteroatoms. The number of carbonyl (C=O) groups excluding carboxylic acids is 1. The zero-order valence-electron chi connectivity index (χ0n) is 11.5. The summed E-state index contributed by atoms with van der Waals surface area (Å²) < 4.78 is 5.48. The molecular formula is C14H19NO4. The first-order valence-electron chi connectivity index (χ1n) is 6.49. The molecule has 1 fully saturated rings. The Morgan fingerprint density at radius 3 is 2.74 bits per heavy atom. The second kappa shape index (κ2) is 5.07. The number of carbonyl (C=O) groups is 2. The van der Waals surface area contributed by atoms with E-state index >= 15 is 0 Å².